The van der Waals surface area contributed by atoms with Crippen molar-refractivity contribution < 1.29 is 14.2 Å². The van der Waals surface area contributed by atoms with Gasteiger partial charge in [0.05, 0.1) is 52.9 Å². The van der Waals surface area contributed by atoms with Gasteiger partial charge in [0.1, 0.15) is 11.3 Å². The number of hydrogen-bond donors (Lipinski definition) is 3. The third kappa shape index (κ3) is 4.05. The van der Waals surface area contributed by atoms with E-state index in [0.29, 0.717) is 41.6 Å². The van der Waals surface area contributed by atoms with Crippen molar-refractivity contribution in [2.45, 2.75) is 38.5 Å². The van der Waals surface area contributed by atoms with Gasteiger partial charge in [0.15, 0.2) is 5.82 Å². The Labute approximate surface area is 194 Å². The molecule has 0 spiro atoms. The van der Waals surface area contributed by atoms with Crippen molar-refractivity contribution >= 4 is 28.6 Å². The van der Waals surface area contributed by atoms with Crippen LogP contribution in [0.3, 0.4) is 0 Å². The molecule has 1 aromatic carbocycles. The van der Waals surface area contributed by atoms with Crippen molar-refractivity contribution in [3.05, 3.63) is 41.6 Å². The summed E-state index contributed by atoms with van der Waals surface area (Å²) in [5.41, 5.74) is 2.54. The van der Waals surface area contributed by atoms with Crippen LogP contribution in [-0.2, 0) is 4.74 Å². The molecule has 2 atom stereocenters. The van der Waals surface area contributed by atoms with Gasteiger partial charge in [0, 0.05) is 24.4 Å². The van der Waals surface area contributed by atoms with Gasteiger partial charge in [-0.2, -0.15) is 5.10 Å². The van der Waals surface area contributed by atoms with E-state index in [0.717, 1.165) is 5.56 Å². The van der Waals surface area contributed by atoms with Crippen LogP contribution in [0.1, 0.15) is 26.3 Å². The highest BCUT2D eigenvalue weighted by atomic mass is 35.5. The smallest absolute Gasteiger partial charge is 0.223 e. The molecule has 1 fully saturated rings. The third-order valence-corrected chi connectivity index (χ3v) is 5.96. The number of anilines is 1. The Bertz CT molecular complexity index is 1290. The van der Waals surface area contributed by atoms with Crippen molar-refractivity contribution in [3.63, 3.8) is 0 Å². The van der Waals surface area contributed by atoms with Crippen LogP contribution < -0.4 is 5.32 Å². The third-order valence-electron chi connectivity index (χ3n) is 5.68. The molecule has 33 heavy (non-hydrogen) atoms. The fraction of sp³-hybridized carbons (Fsp3) is 0.364. The molecule has 5 rings (SSSR count). The SMILES string of the molecule is CC(C)n1c(-c2cn[nH]c2)nc2c(F)cc(-c3nc(N[C@@H]4CCOC[C@H]4O)ncc3Cl)cc21. The van der Waals surface area contributed by atoms with Gasteiger partial charge >= 0.3 is 0 Å². The minimum absolute atomic E-state index is 0.0163. The van der Waals surface area contributed by atoms with Gasteiger partial charge in [-0.25, -0.2) is 19.3 Å². The zero-order valence-corrected chi connectivity index (χ0v) is 18.8. The summed E-state index contributed by atoms with van der Waals surface area (Å²) < 4.78 is 22.5. The van der Waals surface area contributed by atoms with Gasteiger partial charge in [-0.15, -0.1) is 0 Å². The van der Waals surface area contributed by atoms with E-state index in [9.17, 15) is 5.11 Å². The van der Waals surface area contributed by atoms with Gasteiger partial charge in [0.2, 0.25) is 5.95 Å². The van der Waals surface area contributed by atoms with Gasteiger partial charge in [-0.1, -0.05) is 11.6 Å². The molecule has 4 heterocycles. The van der Waals surface area contributed by atoms with Crippen molar-refractivity contribution in [3.8, 4) is 22.6 Å². The Kier molecular flexibility index (Phi) is 5.73. The number of ether oxygens (including phenoxy) is 1. The van der Waals surface area contributed by atoms with E-state index in [1.165, 1.54) is 12.3 Å². The normalized spacial score (nSPS) is 18.8. The number of nitrogens with one attached hydrogen (secondary N) is 2. The van der Waals surface area contributed by atoms with E-state index in [1.807, 2.05) is 24.5 Å². The molecule has 1 aliphatic rings. The standard InChI is InChI=1S/C22H23ClFN7O2/c1-11(2)31-17-6-12(5-15(24)20(17)29-21(31)13-7-26-27-8-13)19-14(23)9-25-22(30-19)28-16-3-4-33-10-18(16)32/h5-9,11,16,18,32H,3-4,10H2,1-2H3,(H,26,27)(H,25,28,30)/t16-,18-/m1/s1. The number of halogens is 2. The molecule has 0 saturated carbocycles. The maximum Gasteiger partial charge on any atom is 0.223 e. The number of aliphatic hydroxyl groups excluding tert-OH is 1. The second-order valence-corrected chi connectivity index (χ2v) is 8.69. The van der Waals surface area contributed by atoms with E-state index < -0.39 is 11.9 Å². The van der Waals surface area contributed by atoms with Gasteiger partial charge in [-0.3, -0.25) is 5.10 Å². The van der Waals surface area contributed by atoms with Crippen LogP contribution in [0.25, 0.3) is 33.7 Å². The summed E-state index contributed by atoms with van der Waals surface area (Å²) in [6.07, 6.45) is 4.80. The lowest BCUT2D eigenvalue weighted by molar-refractivity contribution is -0.0136. The number of fused-ring (bicyclic) bond motifs is 1. The zero-order chi connectivity index (χ0) is 23.1. The molecule has 3 N–H and O–H groups in total. The van der Waals surface area contributed by atoms with E-state index in [1.54, 1.807) is 12.4 Å². The van der Waals surface area contributed by atoms with E-state index in [-0.39, 0.29) is 29.2 Å². The summed E-state index contributed by atoms with van der Waals surface area (Å²) in [4.78, 5) is 13.3. The summed E-state index contributed by atoms with van der Waals surface area (Å²) in [6.45, 7) is 4.80. The van der Waals surface area contributed by atoms with Crippen molar-refractivity contribution in [1.29, 1.82) is 0 Å². The fourth-order valence-electron chi connectivity index (χ4n) is 4.09. The first-order chi connectivity index (χ1) is 15.9. The Hall–Kier alpha value is -3.08. The molecule has 0 bridgehead atoms. The van der Waals surface area contributed by atoms with Crippen molar-refractivity contribution in [1.82, 2.24) is 29.7 Å². The molecule has 0 radical (unpaired) electrons. The predicted molar refractivity (Wildman–Crippen MR) is 123 cm³/mol. The quantitative estimate of drug-likeness (QED) is 0.405. The molecule has 1 saturated heterocycles. The average Bonchev–Trinajstić information content (AvgIpc) is 3.44. The van der Waals surface area contributed by atoms with Crippen LogP contribution in [0.5, 0.6) is 0 Å². The number of aromatic amines is 1. The first-order valence-electron chi connectivity index (χ1n) is 10.7. The molecule has 0 unspecified atom stereocenters. The van der Waals surface area contributed by atoms with Gasteiger partial charge < -0.3 is 19.7 Å². The summed E-state index contributed by atoms with van der Waals surface area (Å²) in [5, 5.41) is 20.4. The number of hydrogen-bond acceptors (Lipinski definition) is 7. The molecule has 4 aromatic rings. The number of benzene rings is 1. The second-order valence-electron chi connectivity index (χ2n) is 8.28. The molecule has 9 nitrogen and oxygen atoms in total. The topological polar surface area (TPSA) is 114 Å². The molecule has 1 aliphatic heterocycles. The minimum Gasteiger partial charge on any atom is -0.389 e. The van der Waals surface area contributed by atoms with Crippen LogP contribution in [-0.4, -0.2) is 60.2 Å². The maximum atomic E-state index is 15.2. The molecule has 0 aliphatic carbocycles. The fourth-order valence-corrected chi connectivity index (χ4v) is 4.29. The molecule has 0 amide bonds. The lowest BCUT2D eigenvalue weighted by Crippen LogP contribution is -2.42. The van der Waals surface area contributed by atoms with Crippen molar-refractivity contribution in [2.24, 2.45) is 0 Å². The first-order valence-corrected chi connectivity index (χ1v) is 11.1. The maximum absolute atomic E-state index is 15.2. The molecule has 11 heteroatoms. The van der Waals surface area contributed by atoms with E-state index in [2.05, 4.69) is 30.5 Å². The number of nitrogens with zero attached hydrogens (tertiary/aromatic N) is 5. The monoisotopic (exact) mass is 471 g/mol. The number of imidazole rings is 1. The summed E-state index contributed by atoms with van der Waals surface area (Å²) in [7, 11) is 0. The number of aliphatic hydroxyl groups is 1. The lowest BCUT2D eigenvalue weighted by Gasteiger charge is -2.28. The second kappa shape index (κ2) is 8.69. The molecular formula is C22H23ClFN7O2. The van der Waals surface area contributed by atoms with Crippen LogP contribution in [0.4, 0.5) is 10.3 Å². The Morgan fingerprint density at radius 1 is 1.27 bits per heavy atom. The highest BCUT2D eigenvalue weighted by molar-refractivity contribution is 6.33. The van der Waals surface area contributed by atoms with Crippen molar-refractivity contribution in [2.75, 3.05) is 18.5 Å². The minimum atomic E-state index is -0.669. The largest absolute Gasteiger partial charge is 0.389 e. The number of H-pyrrole nitrogens is 1. The number of aromatic nitrogens is 6. The van der Waals surface area contributed by atoms with E-state index >= 15 is 4.39 Å². The zero-order valence-electron chi connectivity index (χ0n) is 18.1. The Balaban J connectivity index is 1.59. The van der Waals surface area contributed by atoms with E-state index in [4.69, 9.17) is 16.3 Å². The molecule has 172 valence electrons. The summed E-state index contributed by atoms with van der Waals surface area (Å²) in [5.74, 6) is 0.447. The average molecular weight is 472 g/mol. The van der Waals surface area contributed by atoms with Crippen LogP contribution in [0.15, 0.2) is 30.7 Å². The highest BCUT2D eigenvalue weighted by Gasteiger charge is 2.25. The summed E-state index contributed by atoms with van der Waals surface area (Å²) >= 11 is 6.42. The molecule has 3 aromatic heterocycles. The molecular weight excluding hydrogens is 449 g/mol. The highest BCUT2D eigenvalue weighted by Crippen LogP contribution is 2.34. The van der Waals surface area contributed by atoms with Gasteiger partial charge in [0.25, 0.3) is 0 Å². The number of rotatable bonds is 5. The predicted octanol–water partition coefficient (Wildman–Crippen LogP) is 3.82. The van der Waals surface area contributed by atoms with Gasteiger partial charge in [-0.05, 0) is 32.4 Å². The van der Waals surface area contributed by atoms with Crippen LogP contribution in [0.2, 0.25) is 5.02 Å². The van der Waals surface area contributed by atoms with Crippen LogP contribution in [0, 0.1) is 5.82 Å². The Morgan fingerprint density at radius 2 is 2.12 bits per heavy atom. The first kappa shape index (κ1) is 21.7. The Morgan fingerprint density at radius 3 is 2.85 bits per heavy atom. The van der Waals surface area contributed by atoms with Crippen LogP contribution >= 0.6 is 11.6 Å². The lowest BCUT2D eigenvalue weighted by atomic mass is 10.1. The summed E-state index contributed by atoms with van der Waals surface area (Å²) in [6, 6.07) is 2.98.